The summed E-state index contributed by atoms with van der Waals surface area (Å²) in [5.74, 6) is 0.850. The molecule has 0 N–H and O–H groups in total. The zero-order chi connectivity index (χ0) is 16.7. The summed E-state index contributed by atoms with van der Waals surface area (Å²) in [6.45, 7) is 2.86. The van der Waals surface area contributed by atoms with Crippen molar-refractivity contribution in [3.63, 3.8) is 0 Å². The number of hydrogen-bond acceptors (Lipinski definition) is 3. The van der Waals surface area contributed by atoms with Crippen LogP contribution in [0.25, 0.3) is 11.0 Å². The summed E-state index contributed by atoms with van der Waals surface area (Å²) in [5, 5.41) is 5.39. The van der Waals surface area contributed by atoms with Crippen LogP contribution in [0.3, 0.4) is 0 Å². The lowest BCUT2D eigenvalue weighted by Gasteiger charge is -2.34. The van der Waals surface area contributed by atoms with Crippen molar-refractivity contribution >= 4 is 16.9 Å². The summed E-state index contributed by atoms with van der Waals surface area (Å²) in [5.41, 5.74) is 2.48. The summed E-state index contributed by atoms with van der Waals surface area (Å²) in [7, 11) is 1.89. The van der Waals surface area contributed by atoms with E-state index in [2.05, 4.69) is 15.0 Å². The molecule has 1 aliphatic heterocycles. The third-order valence-corrected chi connectivity index (χ3v) is 5.86. The Morgan fingerprint density at radius 1 is 1.17 bits per heavy atom. The van der Waals surface area contributed by atoms with Crippen LogP contribution in [0.1, 0.15) is 61.0 Å². The maximum Gasteiger partial charge on any atom is 0.255 e. The second kappa shape index (κ2) is 6.19. The summed E-state index contributed by atoms with van der Waals surface area (Å²) < 4.78 is 1.78. The van der Waals surface area contributed by atoms with E-state index < -0.39 is 0 Å². The molecule has 4 rings (SSSR count). The van der Waals surface area contributed by atoms with Gasteiger partial charge in [0.15, 0.2) is 5.65 Å². The van der Waals surface area contributed by atoms with Crippen LogP contribution in [-0.4, -0.2) is 38.2 Å². The van der Waals surface area contributed by atoms with Gasteiger partial charge in [0.25, 0.3) is 5.91 Å². The second-order valence-electron chi connectivity index (χ2n) is 7.41. The molecule has 1 saturated heterocycles. The van der Waals surface area contributed by atoms with Crippen LogP contribution in [0.5, 0.6) is 0 Å². The van der Waals surface area contributed by atoms with Crippen LogP contribution in [0.4, 0.5) is 0 Å². The maximum absolute atomic E-state index is 13.1. The molecule has 1 aliphatic carbocycles. The minimum Gasteiger partial charge on any atom is -0.335 e. The number of carbonyl (C=O) groups is 1. The first-order chi connectivity index (χ1) is 11.6. The van der Waals surface area contributed by atoms with Gasteiger partial charge in [-0.1, -0.05) is 19.3 Å². The average molecular weight is 326 g/mol. The molecule has 2 aromatic heterocycles. The van der Waals surface area contributed by atoms with E-state index in [0.29, 0.717) is 17.5 Å². The first-order valence-electron chi connectivity index (χ1n) is 9.25. The predicted octanol–water partition coefficient (Wildman–Crippen LogP) is 3.46. The number of rotatable bonds is 2. The second-order valence-corrected chi connectivity index (χ2v) is 7.41. The zero-order valence-electron chi connectivity index (χ0n) is 14.7. The summed E-state index contributed by atoms with van der Waals surface area (Å²) in [4.78, 5) is 19.7. The van der Waals surface area contributed by atoms with Gasteiger partial charge < -0.3 is 4.90 Å². The molecule has 2 fully saturated rings. The topological polar surface area (TPSA) is 51.0 Å². The number of hydrogen-bond donors (Lipinski definition) is 0. The van der Waals surface area contributed by atoms with Crippen molar-refractivity contribution in [2.24, 2.45) is 13.0 Å². The third-order valence-electron chi connectivity index (χ3n) is 5.86. The van der Waals surface area contributed by atoms with Gasteiger partial charge in [0.2, 0.25) is 0 Å². The smallest absolute Gasteiger partial charge is 0.255 e. The van der Waals surface area contributed by atoms with E-state index in [-0.39, 0.29) is 5.91 Å². The van der Waals surface area contributed by atoms with Gasteiger partial charge in [-0.3, -0.25) is 9.48 Å². The van der Waals surface area contributed by atoms with Crippen LogP contribution in [0, 0.1) is 12.8 Å². The average Bonchev–Trinajstić information content (AvgIpc) is 3.20. The molecule has 3 heterocycles. The minimum absolute atomic E-state index is 0.153. The lowest BCUT2D eigenvalue weighted by molar-refractivity contribution is 0.0661. The molecule has 1 atom stereocenters. The minimum atomic E-state index is 0.153. The fourth-order valence-electron chi connectivity index (χ4n) is 4.64. The van der Waals surface area contributed by atoms with Gasteiger partial charge in [0.1, 0.15) is 0 Å². The van der Waals surface area contributed by atoms with Crippen molar-refractivity contribution in [1.29, 1.82) is 0 Å². The van der Waals surface area contributed by atoms with Gasteiger partial charge in [0, 0.05) is 31.2 Å². The van der Waals surface area contributed by atoms with Crippen molar-refractivity contribution in [1.82, 2.24) is 19.7 Å². The highest BCUT2D eigenvalue weighted by Gasteiger charge is 2.35. The van der Waals surface area contributed by atoms with Gasteiger partial charge in [-0.15, -0.1) is 0 Å². The molecule has 5 heteroatoms. The molecule has 24 heavy (non-hydrogen) atoms. The van der Waals surface area contributed by atoms with Crippen LogP contribution in [0.15, 0.2) is 12.3 Å². The molecule has 1 saturated carbocycles. The summed E-state index contributed by atoms with van der Waals surface area (Å²) >= 11 is 0. The number of aromatic nitrogens is 3. The van der Waals surface area contributed by atoms with E-state index in [0.717, 1.165) is 36.1 Å². The highest BCUT2D eigenvalue weighted by Crippen LogP contribution is 2.35. The Balaban J connectivity index is 1.61. The number of carbonyl (C=O) groups excluding carboxylic acids is 1. The maximum atomic E-state index is 13.1. The highest BCUT2D eigenvalue weighted by molar-refractivity contribution is 5.97. The lowest BCUT2D eigenvalue weighted by Crippen LogP contribution is -2.40. The van der Waals surface area contributed by atoms with E-state index >= 15 is 0 Å². The Morgan fingerprint density at radius 3 is 2.75 bits per heavy atom. The quantitative estimate of drug-likeness (QED) is 0.849. The predicted molar refractivity (Wildman–Crippen MR) is 93.9 cm³/mol. The molecular weight excluding hydrogens is 300 g/mol. The Hall–Kier alpha value is -1.91. The summed E-state index contributed by atoms with van der Waals surface area (Å²) in [6, 6.07) is 2.41. The highest BCUT2D eigenvalue weighted by atomic mass is 16.2. The van der Waals surface area contributed by atoms with Crippen LogP contribution >= 0.6 is 0 Å². The first kappa shape index (κ1) is 15.6. The molecule has 0 spiro atoms. The molecule has 2 aromatic rings. The SMILES string of the molecule is Cc1nn(C)c2ncc(C(=O)N3CCC[C@@H]3C3CCCCC3)cc12. The largest absolute Gasteiger partial charge is 0.335 e. The molecule has 0 radical (unpaired) electrons. The Bertz CT molecular complexity index is 760. The number of nitrogens with zero attached hydrogens (tertiary/aromatic N) is 4. The Kier molecular flexibility index (Phi) is 4.02. The number of likely N-dealkylation sites (tertiary alicyclic amines) is 1. The lowest BCUT2D eigenvalue weighted by atomic mass is 9.83. The normalized spacial score (nSPS) is 22.4. The number of pyridine rings is 1. The molecular formula is C19H26N4O. The molecule has 0 unspecified atom stereocenters. The fourth-order valence-corrected chi connectivity index (χ4v) is 4.64. The van der Waals surface area contributed by atoms with Crippen molar-refractivity contribution in [3.8, 4) is 0 Å². The first-order valence-corrected chi connectivity index (χ1v) is 9.25. The third kappa shape index (κ3) is 2.60. The molecule has 5 nitrogen and oxygen atoms in total. The van der Waals surface area contributed by atoms with Gasteiger partial charge in [-0.05, 0) is 44.6 Å². The molecule has 2 aliphatic rings. The number of fused-ring (bicyclic) bond motifs is 1. The van der Waals surface area contributed by atoms with Crippen molar-refractivity contribution in [2.75, 3.05) is 6.54 Å². The van der Waals surface area contributed by atoms with E-state index in [9.17, 15) is 4.79 Å². The van der Waals surface area contributed by atoms with Crippen molar-refractivity contribution in [2.45, 2.75) is 57.9 Å². The fraction of sp³-hybridized carbons (Fsp3) is 0.632. The Labute approximate surface area is 143 Å². The number of aryl methyl sites for hydroxylation is 2. The Morgan fingerprint density at radius 2 is 1.96 bits per heavy atom. The molecule has 0 aromatic carbocycles. The number of amides is 1. The molecule has 1 amide bonds. The van der Waals surface area contributed by atoms with Gasteiger partial charge in [0.05, 0.1) is 11.3 Å². The van der Waals surface area contributed by atoms with Crippen LogP contribution < -0.4 is 0 Å². The van der Waals surface area contributed by atoms with E-state index in [1.807, 2.05) is 20.0 Å². The van der Waals surface area contributed by atoms with E-state index in [4.69, 9.17) is 0 Å². The summed E-state index contributed by atoms with van der Waals surface area (Å²) in [6.07, 6.45) is 10.6. The van der Waals surface area contributed by atoms with Gasteiger partial charge in [-0.2, -0.15) is 5.10 Å². The van der Waals surface area contributed by atoms with Gasteiger partial charge in [-0.25, -0.2) is 4.98 Å². The van der Waals surface area contributed by atoms with E-state index in [1.54, 1.807) is 10.9 Å². The molecule has 128 valence electrons. The van der Waals surface area contributed by atoms with Crippen LogP contribution in [0.2, 0.25) is 0 Å². The van der Waals surface area contributed by atoms with Crippen LogP contribution in [-0.2, 0) is 7.05 Å². The molecule has 0 bridgehead atoms. The standard InChI is InChI=1S/C19H26N4O/c1-13-16-11-15(12-20-18(16)22(2)21-13)19(24)23-10-6-9-17(23)14-7-4-3-5-8-14/h11-12,14,17H,3-10H2,1-2H3/t17-/m1/s1. The van der Waals surface area contributed by atoms with E-state index in [1.165, 1.54) is 32.1 Å². The van der Waals surface area contributed by atoms with Crippen molar-refractivity contribution in [3.05, 3.63) is 23.5 Å². The monoisotopic (exact) mass is 326 g/mol. The van der Waals surface area contributed by atoms with Gasteiger partial charge >= 0.3 is 0 Å². The zero-order valence-corrected chi connectivity index (χ0v) is 14.7. The van der Waals surface area contributed by atoms with Crippen molar-refractivity contribution < 1.29 is 4.79 Å².